The number of hydrogen-bond donors (Lipinski definition) is 1. The molecule has 0 unspecified atom stereocenters. The van der Waals surface area contributed by atoms with Crippen molar-refractivity contribution in [1.29, 1.82) is 0 Å². The van der Waals surface area contributed by atoms with Gasteiger partial charge in [0.25, 0.3) is 0 Å². The number of nitrogen functional groups attached to an aromatic ring is 1. The zero-order valence-electron chi connectivity index (χ0n) is 15.0. The number of piperidine rings is 1. The molecule has 0 aromatic heterocycles. The molecule has 7 nitrogen and oxygen atoms in total. The fourth-order valence-corrected chi connectivity index (χ4v) is 5.12. The minimum Gasteiger partial charge on any atom is -0.495 e. The highest BCUT2D eigenvalue weighted by atomic mass is 32.2. The number of nitrogens with two attached hydrogens (primary N) is 1. The van der Waals surface area contributed by atoms with E-state index in [-0.39, 0.29) is 4.90 Å². The lowest BCUT2D eigenvalue weighted by molar-refractivity contribution is 0.0836. The zero-order valence-corrected chi connectivity index (χ0v) is 15.8. The molecule has 0 atom stereocenters. The lowest BCUT2D eigenvalue weighted by atomic mass is 10.0. The molecular weight excluding hydrogens is 340 g/mol. The molecule has 1 aromatic rings. The van der Waals surface area contributed by atoms with Crippen molar-refractivity contribution in [2.75, 3.05) is 59.2 Å². The number of nitrogens with zero attached hydrogens (tertiary/aromatic N) is 3. The summed E-state index contributed by atoms with van der Waals surface area (Å²) in [6.45, 7) is 5.44. The van der Waals surface area contributed by atoms with Crippen LogP contribution in [0.2, 0.25) is 0 Å². The first-order chi connectivity index (χ1) is 11.9. The first-order valence-corrected chi connectivity index (χ1v) is 10.2. The molecule has 140 valence electrons. The van der Waals surface area contributed by atoms with Crippen molar-refractivity contribution < 1.29 is 13.2 Å². The average molecular weight is 369 g/mol. The maximum Gasteiger partial charge on any atom is 0.243 e. The van der Waals surface area contributed by atoms with Gasteiger partial charge in [-0.15, -0.1) is 0 Å². The highest BCUT2D eigenvalue weighted by Crippen LogP contribution is 2.28. The summed E-state index contributed by atoms with van der Waals surface area (Å²) in [5.74, 6) is 0.397. The van der Waals surface area contributed by atoms with E-state index in [2.05, 4.69) is 16.8 Å². The Morgan fingerprint density at radius 1 is 1.08 bits per heavy atom. The summed E-state index contributed by atoms with van der Waals surface area (Å²) in [7, 11) is 0.133. The predicted octanol–water partition coefficient (Wildman–Crippen LogP) is 0.678. The van der Waals surface area contributed by atoms with Gasteiger partial charge >= 0.3 is 0 Å². The third kappa shape index (κ3) is 3.92. The Balaban J connectivity index is 1.65. The Kier molecular flexibility index (Phi) is 5.52. The minimum absolute atomic E-state index is 0.247. The van der Waals surface area contributed by atoms with Crippen molar-refractivity contribution in [3.8, 4) is 5.75 Å². The molecule has 1 aromatic carbocycles. The molecule has 2 fully saturated rings. The molecule has 2 aliphatic rings. The SMILES string of the molecule is COc1cc(S(=O)(=O)N2CCC(N3CCN(C)CC3)CC2)ccc1N. The van der Waals surface area contributed by atoms with E-state index in [4.69, 9.17) is 10.5 Å². The van der Waals surface area contributed by atoms with Crippen LogP contribution in [0, 0.1) is 0 Å². The van der Waals surface area contributed by atoms with Gasteiger partial charge in [0.1, 0.15) is 5.75 Å². The van der Waals surface area contributed by atoms with Crippen LogP contribution < -0.4 is 10.5 Å². The van der Waals surface area contributed by atoms with Gasteiger partial charge in [0, 0.05) is 51.4 Å². The molecule has 0 bridgehead atoms. The minimum atomic E-state index is -3.50. The summed E-state index contributed by atoms with van der Waals surface area (Å²) in [5, 5.41) is 0. The average Bonchev–Trinajstić information content (AvgIpc) is 2.62. The van der Waals surface area contributed by atoms with Crippen LogP contribution in [0.1, 0.15) is 12.8 Å². The van der Waals surface area contributed by atoms with Crippen molar-refractivity contribution in [3.63, 3.8) is 0 Å². The molecular formula is C17H28N4O3S. The first-order valence-electron chi connectivity index (χ1n) is 8.78. The molecule has 2 aliphatic heterocycles. The topological polar surface area (TPSA) is 79.1 Å². The Hall–Kier alpha value is -1.35. The van der Waals surface area contributed by atoms with Crippen LogP contribution >= 0.6 is 0 Å². The van der Waals surface area contributed by atoms with E-state index in [1.54, 1.807) is 16.4 Å². The van der Waals surface area contributed by atoms with Gasteiger partial charge in [0.2, 0.25) is 10.0 Å². The van der Waals surface area contributed by atoms with E-state index in [0.717, 1.165) is 39.0 Å². The Morgan fingerprint density at radius 3 is 2.32 bits per heavy atom. The molecule has 0 amide bonds. The van der Waals surface area contributed by atoms with Crippen molar-refractivity contribution in [2.24, 2.45) is 0 Å². The monoisotopic (exact) mass is 368 g/mol. The van der Waals surface area contributed by atoms with Crippen LogP contribution in [-0.2, 0) is 10.0 Å². The lowest BCUT2D eigenvalue weighted by Gasteiger charge is -2.41. The van der Waals surface area contributed by atoms with Gasteiger partial charge in [-0.2, -0.15) is 4.31 Å². The van der Waals surface area contributed by atoms with Gasteiger partial charge in [0.15, 0.2) is 0 Å². The Bertz CT molecular complexity index is 694. The van der Waals surface area contributed by atoms with Crippen LogP contribution in [-0.4, -0.2) is 82.0 Å². The number of hydrogen-bond acceptors (Lipinski definition) is 6. The molecule has 0 radical (unpaired) electrons. The number of likely N-dealkylation sites (N-methyl/N-ethyl adjacent to an activating group) is 1. The molecule has 3 rings (SSSR count). The quantitative estimate of drug-likeness (QED) is 0.788. The zero-order chi connectivity index (χ0) is 18.0. The van der Waals surface area contributed by atoms with E-state index in [9.17, 15) is 8.42 Å². The molecule has 2 saturated heterocycles. The third-order valence-electron chi connectivity index (χ3n) is 5.32. The van der Waals surface area contributed by atoms with Crippen LogP contribution in [0.3, 0.4) is 0 Å². The van der Waals surface area contributed by atoms with Crippen LogP contribution in [0.25, 0.3) is 0 Å². The number of sulfonamides is 1. The Labute approximate surface area is 150 Å². The maximum absolute atomic E-state index is 12.9. The second-order valence-corrected chi connectivity index (χ2v) is 8.82. The van der Waals surface area contributed by atoms with Crippen LogP contribution in [0.15, 0.2) is 23.1 Å². The van der Waals surface area contributed by atoms with Gasteiger partial charge in [-0.1, -0.05) is 0 Å². The standard InChI is InChI=1S/C17H28N4O3S/c1-19-9-11-20(12-10-19)14-5-7-21(8-6-14)25(22,23)15-3-4-16(18)17(13-15)24-2/h3-4,13-14H,5-12,18H2,1-2H3. The summed E-state index contributed by atoms with van der Waals surface area (Å²) in [6, 6.07) is 5.14. The van der Waals surface area contributed by atoms with Crippen molar-refractivity contribution in [1.82, 2.24) is 14.1 Å². The number of piperazine rings is 1. The summed E-state index contributed by atoms with van der Waals surface area (Å²) >= 11 is 0. The molecule has 2 N–H and O–H groups in total. The lowest BCUT2D eigenvalue weighted by Crippen LogP contribution is -2.52. The van der Waals surface area contributed by atoms with Gasteiger partial charge in [0.05, 0.1) is 17.7 Å². The highest BCUT2D eigenvalue weighted by molar-refractivity contribution is 7.89. The largest absolute Gasteiger partial charge is 0.495 e. The van der Waals surface area contributed by atoms with Crippen molar-refractivity contribution in [2.45, 2.75) is 23.8 Å². The van der Waals surface area contributed by atoms with Gasteiger partial charge < -0.3 is 15.4 Å². The summed E-state index contributed by atoms with van der Waals surface area (Å²) < 4.78 is 32.5. The molecule has 2 heterocycles. The van der Waals surface area contributed by atoms with Crippen molar-refractivity contribution >= 4 is 15.7 Å². The molecule has 25 heavy (non-hydrogen) atoms. The van der Waals surface area contributed by atoms with Crippen LogP contribution in [0.4, 0.5) is 5.69 Å². The number of anilines is 1. The fraction of sp³-hybridized carbons (Fsp3) is 0.647. The maximum atomic E-state index is 12.9. The highest BCUT2D eigenvalue weighted by Gasteiger charge is 2.32. The molecule has 0 saturated carbocycles. The van der Waals surface area contributed by atoms with E-state index < -0.39 is 10.0 Å². The molecule has 0 spiro atoms. The first kappa shape index (κ1) is 18.4. The number of rotatable bonds is 4. The summed E-state index contributed by atoms with van der Waals surface area (Å²) in [5.41, 5.74) is 6.23. The van der Waals surface area contributed by atoms with E-state index in [0.29, 0.717) is 30.6 Å². The fourth-order valence-electron chi connectivity index (χ4n) is 3.64. The second-order valence-electron chi connectivity index (χ2n) is 6.88. The van der Waals surface area contributed by atoms with Gasteiger partial charge in [-0.3, -0.25) is 4.90 Å². The summed E-state index contributed by atoms with van der Waals surface area (Å²) in [4.78, 5) is 5.09. The number of ether oxygens (including phenoxy) is 1. The third-order valence-corrected chi connectivity index (χ3v) is 7.22. The van der Waals surface area contributed by atoms with Crippen LogP contribution in [0.5, 0.6) is 5.75 Å². The van der Waals surface area contributed by atoms with E-state index in [1.165, 1.54) is 13.2 Å². The van der Waals surface area contributed by atoms with Gasteiger partial charge in [-0.05, 0) is 32.0 Å². The molecule has 8 heteroatoms. The Morgan fingerprint density at radius 2 is 1.72 bits per heavy atom. The summed E-state index contributed by atoms with van der Waals surface area (Å²) in [6.07, 6.45) is 1.77. The van der Waals surface area contributed by atoms with E-state index >= 15 is 0 Å². The molecule has 0 aliphatic carbocycles. The predicted molar refractivity (Wildman–Crippen MR) is 98.3 cm³/mol. The second kappa shape index (κ2) is 7.49. The van der Waals surface area contributed by atoms with Gasteiger partial charge in [-0.25, -0.2) is 8.42 Å². The smallest absolute Gasteiger partial charge is 0.243 e. The number of benzene rings is 1. The van der Waals surface area contributed by atoms with Crippen molar-refractivity contribution in [3.05, 3.63) is 18.2 Å². The van der Waals surface area contributed by atoms with E-state index in [1.807, 2.05) is 0 Å². The number of methoxy groups -OCH3 is 1. The normalized spacial score (nSPS) is 22.2.